The number of ether oxygens (including phenoxy) is 1. The summed E-state index contributed by atoms with van der Waals surface area (Å²) in [5.41, 5.74) is 1.21. The first kappa shape index (κ1) is 11.7. The molecule has 1 aliphatic carbocycles. The first-order chi connectivity index (χ1) is 7.56. The molecule has 1 heterocycles. The van der Waals surface area contributed by atoms with E-state index in [0.717, 1.165) is 6.42 Å². The Morgan fingerprint density at radius 2 is 1.94 bits per heavy atom. The summed E-state index contributed by atoms with van der Waals surface area (Å²) < 4.78 is 5.94. The number of rotatable bonds is 4. The van der Waals surface area contributed by atoms with Gasteiger partial charge in [-0.3, -0.25) is 4.99 Å². The van der Waals surface area contributed by atoms with Crippen molar-refractivity contribution in [2.45, 2.75) is 59.1 Å². The van der Waals surface area contributed by atoms with Gasteiger partial charge in [0, 0.05) is 12.1 Å². The lowest BCUT2D eigenvalue weighted by Gasteiger charge is -2.25. The van der Waals surface area contributed by atoms with Crippen molar-refractivity contribution in [2.24, 2.45) is 16.8 Å². The molecule has 2 rings (SSSR count). The van der Waals surface area contributed by atoms with Gasteiger partial charge in [0.2, 0.25) is 0 Å². The van der Waals surface area contributed by atoms with Crippen LogP contribution in [0.15, 0.2) is 16.8 Å². The number of hydrogen-bond acceptors (Lipinski definition) is 2. The highest BCUT2D eigenvalue weighted by Crippen LogP contribution is 2.31. The van der Waals surface area contributed by atoms with Crippen LogP contribution in [-0.2, 0) is 4.74 Å². The van der Waals surface area contributed by atoms with Crippen molar-refractivity contribution in [3.05, 3.63) is 11.8 Å². The van der Waals surface area contributed by atoms with Crippen LogP contribution in [-0.4, -0.2) is 17.9 Å². The summed E-state index contributed by atoms with van der Waals surface area (Å²) in [6.45, 7) is 8.89. The Kier molecular flexibility index (Phi) is 3.36. The number of allylic oxidation sites excluding steroid dienone is 1. The summed E-state index contributed by atoms with van der Waals surface area (Å²) in [7, 11) is 0. The highest BCUT2D eigenvalue weighted by Gasteiger charge is 2.28. The predicted octanol–water partition coefficient (Wildman–Crippen LogP) is 3.57. The predicted molar refractivity (Wildman–Crippen MR) is 67.7 cm³/mol. The van der Waals surface area contributed by atoms with Crippen molar-refractivity contribution in [3.63, 3.8) is 0 Å². The van der Waals surface area contributed by atoms with Crippen LogP contribution in [0.3, 0.4) is 0 Å². The summed E-state index contributed by atoms with van der Waals surface area (Å²) in [5, 5.41) is 0. The Morgan fingerprint density at radius 3 is 2.44 bits per heavy atom. The highest BCUT2D eigenvalue weighted by molar-refractivity contribution is 5.97. The molecule has 1 unspecified atom stereocenters. The average molecular weight is 221 g/mol. The SMILES string of the molecule is CC(C)C1=NC(C(C)C)CC(OC2CC2)=C1. The fraction of sp³-hybridized carbons (Fsp3) is 0.786. The molecule has 1 atom stereocenters. The molecular weight excluding hydrogens is 198 g/mol. The van der Waals surface area contributed by atoms with Crippen LogP contribution >= 0.6 is 0 Å². The lowest BCUT2D eigenvalue weighted by molar-refractivity contribution is 0.178. The second-order valence-electron chi connectivity index (χ2n) is 5.65. The van der Waals surface area contributed by atoms with Crippen LogP contribution in [0.4, 0.5) is 0 Å². The first-order valence-electron chi connectivity index (χ1n) is 6.51. The standard InChI is InChI=1S/C14H23NO/c1-9(2)13-7-12(16-11-5-6-11)8-14(15-13)10(3)4/h7,9-11,14H,5-6,8H2,1-4H3. The van der Waals surface area contributed by atoms with E-state index in [0.29, 0.717) is 24.0 Å². The summed E-state index contributed by atoms with van der Waals surface area (Å²) in [6, 6.07) is 0.413. The van der Waals surface area contributed by atoms with E-state index >= 15 is 0 Å². The Hall–Kier alpha value is -0.790. The summed E-state index contributed by atoms with van der Waals surface area (Å²) in [6.07, 6.45) is 6.13. The maximum atomic E-state index is 5.94. The Labute approximate surface area is 98.8 Å². The maximum absolute atomic E-state index is 5.94. The molecular formula is C14H23NO. The number of dihydropyridines is 1. The molecule has 0 bridgehead atoms. The van der Waals surface area contributed by atoms with E-state index in [2.05, 4.69) is 33.8 Å². The van der Waals surface area contributed by atoms with Gasteiger partial charge in [0.1, 0.15) is 5.76 Å². The monoisotopic (exact) mass is 221 g/mol. The van der Waals surface area contributed by atoms with Crippen molar-refractivity contribution in [3.8, 4) is 0 Å². The quantitative estimate of drug-likeness (QED) is 0.711. The highest BCUT2D eigenvalue weighted by atomic mass is 16.5. The minimum atomic E-state index is 0.413. The maximum Gasteiger partial charge on any atom is 0.100 e. The molecule has 16 heavy (non-hydrogen) atoms. The van der Waals surface area contributed by atoms with E-state index in [1.165, 1.54) is 24.3 Å². The summed E-state index contributed by atoms with van der Waals surface area (Å²) in [5.74, 6) is 2.26. The van der Waals surface area contributed by atoms with Crippen LogP contribution in [0.5, 0.6) is 0 Å². The summed E-state index contributed by atoms with van der Waals surface area (Å²) >= 11 is 0. The minimum Gasteiger partial charge on any atom is -0.495 e. The third kappa shape index (κ3) is 2.87. The number of aliphatic imine (C=N–C) groups is 1. The van der Waals surface area contributed by atoms with Gasteiger partial charge in [0.05, 0.1) is 12.1 Å². The average Bonchev–Trinajstić information content (AvgIpc) is 3.01. The van der Waals surface area contributed by atoms with Crippen LogP contribution in [0.2, 0.25) is 0 Å². The zero-order valence-corrected chi connectivity index (χ0v) is 10.9. The molecule has 0 aromatic carbocycles. The Morgan fingerprint density at radius 1 is 1.25 bits per heavy atom. The van der Waals surface area contributed by atoms with Crippen molar-refractivity contribution in [2.75, 3.05) is 0 Å². The van der Waals surface area contributed by atoms with Gasteiger partial charge < -0.3 is 4.74 Å². The van der Waals surface area contributed by atoms with E-state index in [-0.39, 0.29) is 0 Å². The smallest absolute Gasteiger partial charge is 0.100 e. The van der Waals surface area contributed by atoms with Crippen molar-refractivity contribution >= 4 is 5.71 Å². The van der Waals surface area contributed by atoms with Gasteiger partial charge in [0.25, 0.3) is 0 Å². The topological polar surface area (TPSA) is 21.6 Å². The van der Waals surface area contributed by atoms with E-state index in [1.54, 1.807) is 0 Å². The molecule has 0 aromatic heterocycles. The number of hydrogen-bond donors (Lipinski definition) is 0. The fourth-order valence-electron chi connectivity index (χ4n) is 1.89. The van der Waals surface area contributed by atoms with Crippen LogP contribution in [0, 0.1) is 11.8 Å². The van der Waals surface area contributed by atoms with Crippen LogP contribution in [0.25, 0.3) is 0 Å². The van der Waals surface area contributed by atoms with Gasteiger partial charge in [-0.15, -0.1) is 0 Å². The lowest BCUT2D eigenvalue weighted by atomic mass is 9.95. The van der Waals surface area contributed by atoms with Crippen molar-refractivity contribution < 1.29 is 4.74 Å². The van der Waals surface area contributed by atoms with Gasteiger partial charge in [-0.2, -0.15) is 0 Å². The third-order valence-electron chi connectivity index (χ3n) is 3.24. The molecule has 0 spiro atoms. The zero-order valence-electron chi connectivity index (χ0n) is 10.9. The lowest BCUT2D eigenvalue weighted by Crippen LogP contribution is -2.23. The van der Waals surface area contributed by atoms with Crippen molar-refractivity contribution in [1.82, 2.24) is 0 Å². The van der Waals surface area contributed by atoms with Gasteiger partial charge in [-0.25, -0.2) is 0 Å². The molecule has 1 saturated carbocycles. The van der Waals surface area contributed by atoms with Gasteiger partial charge >= 0.3 is 0 Å². The normalized spacial score (nSPS) is 25.8. The molecule has 2 heteroatoms. The molecule has 2 nitrogen and oxygen atoms in total. The molecule has 0 radical (unpaired) electrons. The largest absolute Gasteiger partial charge is 0.495 e. The second kappa shape index (κ2) is 4.60. The van der Waals surface area contributed by atoms with Gasteiger partial charge in [0.15, 0.2) is 0 Å². The molecule has 0 saturated heterocycles. The molecule has 0 amide bonds. The van der Waals surface area contributed by atoms with Crippen LogP contribution < -0.4 is 0 Å². The first-order valence-corrected chi connectivity index (χ1v) is 6.51. The van der Waals surface area contributed by atoms with Crippen LogP contribution in [0.1, 0.15) is 47.0 Å². The minimum absolute atomic E-state index is 0.413. The van der Waals surface area contributed by atoms with E-state index < -0.39 is 0 Å². The van der Waals surface area contributed by atoms with Gasteiger partial charge in [-0.05, 0) is 30.8 Å². The third-order valence-corrected chi connectivity index (χ3v) is 3.24. The Balaban J connectivity index is 2.09. The number of nitrogens with zero attached hydrogens (tertiary/aromatic N) is 1. The second-order valence-corrected chi connectivity index (χ2v) is 5.65. The van der Waals surface area contributed by atoms with E-state index in [1.807, 2.05) is 0 Å². The molecule has 2 aliphatic rings. The molecule has 90 valence electrons. The zero-order chi connectivity index (χ0) is 11.7. The molecule has 0 aromatic rings. The van der Waals surface area contributed by atoms with Crippen molar-refractivity contribution in [1.29, 1.82) is 0 Å². The fourth-order valence-corrected chi connectivity index (χ4v) is 1.89. The van der Waals surface area contributed by atoms with E-state index in [9.17, 15) is 0 Å². The Bertz CT molecular complexity index is 311. The molecule has 1 aliphatic heterocycles. The molecule has 0 N–H and O–H groups in total. The summed E-state index contributed by atoms with van der Waals surface area (Å²) in [4.78, 5) is 4.82. The van der Waals surface area contributed by atoms with Gasteiger partial charge in [-0.1, -0.05) is 27.7 Å². The molecule has 1 fully saturated rings. The van der Waals surface area contributed by atoms with E-state index in [4.69, 9.17) is 9.73 Å².